The van der Waals surface area contributed by atoms with Crippen LogP contribution in [0.25, 0.3) is 11.1 Å². The van der Waals surface area contributed by atoms with Crippen LogP contribution in [0.15, 0.2) is 73.2 Å². The Kier molecular flexibility index (Phi) is 6.56. The first-order valence-electron chi connectivity index (χ1n) is 10.7. The molecule has 7 heteroatoms. The number of aromatic nitrogens is 2. The van der Waals surface area contributed by atoms with Gasteiger partial charge in [-0.3, -0.25) is 19.6 Å². The standard InChI is InChI=1S/C25H26N4O3/c1-2-27-24(31)25(17-19-6-8-20(9-7-19)21-10-13-26-14-11-21)18-29(15-16-32-25)23(30)22-5-3-4-12-28-22/h3-14H,2,15-18H2,1H3,(H,27,31). The highest BCUT2D eigenvalue weighted by molar-refractivity contribution is 5.93. The third-order valence-corrected chi connectivity index (χ3v) is 5.57. The molecule has 1 saturated heterocycles. The number of benzene rings is 1. The maximum atomic E-state index is 13.1. The van der Waals surface area contributed by atoms with Crippen molar-refractivity contribution in [2.75, 3.05) is 26.2 Å². The van der Waals surface area contributed by atoms with Gasteiger partial charge in [0.2, 0.25) is 0 Å². The van der Waals surface area contributed by atoms with Gasteiger partial charge >= 0.3 is 0 Å². The molecular formula is C25H26N4O3. The summed E-state index contributed by atoms with van der Waals surface area (Å²) in [7, 11) is 0. The Balaban J connectivity index is 1.57. The summed E-state index contributed by atoms with van der Waals surface area (Å²) in [6.07, 6.45) is 5.48. The molecule has 3 heterocycles. The Hall–Kier alpha value is -3.58. The molecule has 1 N–H and O–H groups in total. The molecule has 1 aliphatic rings. The molecular weight excluding hydrogens is 404 g/mol. The lowest BCUT2D eigenvalue weighted by Crippen LogP contribution is -2.62. The lowest BCUT2D eigenvalue weighted by molar-refractivity contribution is -0.157. The van der Waals surface area contributed by atoms with Crippen molar-refractivity contribution in [3.8, 4) is 11.1 Å². The molecule has 1 unspecified atom stereocenters. The van der Waals surface area contributed by atoms with Crippen LogP contribution in [0.5, 0.6) is 0 Å². The van der Waals surface area contributed by atoms with E-state index >= 15 is 0 Å². The molecule has 0 spiro atoms. The number of hydrogen-bond acceptors (Lipinski definition) is 5. The minimum Gasteiger partial charge on any atom is -0.361 e. The van der Waals surface area contributed by atoms with Crippen molar-refractivity contribution in [3.63, 3.8) is 0 Å². The fraction of sp³-hybridized carbons (Fsp3) is 0.280. The zero-order valence-electron chi connectivity index (χ0n) is 18.0. The lowest BCUT2D eigenvalue weighted by atomic mass is 9.90. The van der Waals surface area contributed by atoms with Crippen molar-refractivity contribution in [2.24, 2.45) is 0 Å². The van der Waals surface area contributed by atoms with E-state index in [1.807, 2.05) is 43.3 Å². The van der Waals surface area contributed by atoms with Crippen LogP contribution in [0, 0.1) is 0 Å². The highest BCUT2D eigenvalue weighted by Gasteiger charge is 2.45. The molecule has 1 aromatic carbocycles. The lowest BCUT2D eigenvalue weighted by Gasteiger charge is -2.41. The topological polar surface area (TPSA) is 84.4 Å². The van der Waals surface area contributed by atoms with Gasteiger partial charge in [-0.15, -0.1) is 0 Å². The van der Waals surface area contributed by atoms with Crippen molar-refractivity contribution < 1.29 is 14.3 Å². The molecule has 1 atom stereocenters. The number of amides is 2. The molecule has 7 nitrogen and oxygen atoms in total. The minimum atomic E-state index is -1.16. The van der Waals surface area contributed by atoms with E-state index < -0.39 is 5.60 Å². The summed E-state index contributed by atoms with van der Waals surface area (Å²) in [5.41, 5.74) is 2.31. The number of nitrogens with zero attached hydrogens (tertiary/aromatic N) is 3. The zero-order valence-corrected chi connectivity index (χ0v) is 18.0. The second-order valence-corrected chi connectivity index (χ2v) is 7.75. The minimum absolute atomic E-state index is 0.167. The molecule has 1 aliphatic heterocycles. The first-order valence-corrected chi connectivity index (χ1v) is 10.7. The van der Waals surface area contributed by atoms with E-state index in [-0.39, 0.29) is 25.0 Å². The van der Waals surface area contributed by atoms with Gasteiger partial charge in [-0.2, -0.15) is 0 Å². The van der Waals surface area contributed by atoms with Crippen molar-refractivity contribution in [1.29, 1.82) is 0 Å². The van der Waals surface area contributed by atoms with Crippen LogP contribution in [0.4, 0.5) is 0 Å². The fourth-order valence-corrected chi connectivity index (χ4v) is 3.94. The Morgan fingerprint density at radius 3 is 2.47 bits per heavy atom. The van der Waals surface area contributed by atoms with Crippen molar-refractivity contribution >= 4 is 11.8 Å². The van der Waals surface area contributed by atoms with Crippen molar-refractivity contribution in [3.05, 3.63) is 84.4 Å². The third kappa shape index (κ3) is 4.68. The maximum absolute atomic E-state index is 13.1. The van der Waals surface area contributed by atoms with Crippen molar-refractivity contribution in [1.82, 2.24) is 20.2 Å². The van der Waals surface area contributed by atoms with Crippen LogP contribution in [0.1, 0.15) is 23.0 Å². The summed E-state index contributed by atoms with van der Waals surface area (Å²) in [5.74, 6) is -0.410. The molecule has 32 heavy (non-hydrogen) atoms. The number of ether oxygens (including phenoxy) is 1. The summed E-state index contributed by atoms with van der Waals surface area (Å²) in [6, 6.07) is 17.2. The summed E-state index contributed by atoms with van der Waals surface area (Å²) in [6.45, 7) is 3.22. The third-order valence-electron chi connectivity index (χ3n) is 5.57. The average Bonchev–Trinajstić information content (AvgIpc) is 2.85. The van der Waals surface area contributed by atoms with E-state index in [0.29, 0.717) is 25.2 Å². The fourth-order valence-electron chi connectivity index (χ4n) is 3.94. The normalized spacial score (nSPS) is 18.2. The van der Waals surface area contributed by atoms with Gasteiger partial charge in [0.1, 0.15) is 5.69 Å². The Bertz CT molecular complexity index is 1060. The smallest absolute Gasteiger partial charge is 0.272 e. The predicted octanol–water partition coefficient (Wildman–Crippen LogP) is 2.73. The van der Waals surface area contributed by atoms with Gasteiger partial charge in [-0.1, -0.05) is 30.3 Å². The Morgan fingerprint density at radius 1 is 1.03 bits per heavy atom. The van der Waals surface area contributed by atoms with E-state index in [2.05, 4.69) is 15.3 Å². The van der Waals surface area contributed by atoms with Crippen molar-refractivity contribution in [2.45, 2.75) is 18.9 Å². The molecule has 164 valence electrons. The van der Waals surface area contributed by atoms with E-state index in [0.717, 1.165) is 16.7 Å². The molecule has 2 amide bonds. The highest BCUT2D eigenvalue weighted by Crippen LogP contribution is 2.27. The number of hydrogen-bond donors (Lipinski definition) is 1. The van der Waals surface area contributed by atoms with Crippen LogP contribution in [-0.4, -0.2) is 58.5 Å². The van der Waals surface area contributed by atoms with Crippen LogP contribution in [0.3, 0.4) is 0 Å². The second-order valence-electron chi connectivity index (χ2n) is 7.75. The number of pyridine rings is 2. The Labute approximate surface area is 187 Å². The number of morpholine rings is 1. The summed E-state index contributed by atoms with van der Waals surface area (Å²) in [4.78, 5) is 36.0. The molecule has 0 aliphatic carbocycles. The predicted molar refractivity (Wildman–Crippen MR) is 121 cm³/mol. The Morgan fingerprint density at radius 2 is 1.78 bits per heavy atom. The quantitative estimate of drug-likeness (QED) is 0.650. The SMILES string of the molecule is CCNC(=O)C1(Cc2ccc(-c3ccncc3)cc2)CN(C(=O)c2ccccn2)CCO1. The first-order chi connectivity index (χ1) is 15.6. The molecule has 0 saturated carbocycles. The van der Waals surface area contributed by atoms with Crippen LogP contribution in [-0.2, 0) is 16.0 Å². The monoisotopic (exact) mass is 430 g/mol. The number of carbonyl (C=O) groups excluding carboxylic acids is 2. The van der Waals surface area contributed by atoms with Gasteiger partial charge in [0.05, 0.1) is 13.2 Å². The molecule has 3 aromatic rings. The van der Waals surface area contributed by atoms with Gasteiger partial charge in [0.15, 0.2) is 5.60 Å². The van der Waals surface area contributed by atoms with Gasteiger partial charge in [0.25, 0.3) is 11.8 Å². The summed E-state index contributed by atoms with van der Waals surface area (Å²) < 4.78 is 6.08. The van der Waals surface area contributed by atoms with Crippen LogP contribution >= 0.6 is 0 Å². The van der Waals surface area contributed by atoms with Crippen LogP contribution < -0.4 is 5.32 Å². The number of likely N-dealkylation sites (N-methyl/N-ethyl adjacent to an activating group) is 1. The van der Waals surface area contributed by atoms with E-state index in [1.54, 1.807) is 41.7 Å². The van der Waals surface area contributed by atoms with E-state index in [1.165, 1.54) is 0 Å². The maximum Gasteiger partial charge on any atom is 0.272 e. The van der Waals surface area contributed by atoms with Gasteiger partial charge in [-0.05, 0) is 47.9 Å². The van der Waals surface area contributed by atoms with Gasteiger partial charge in [-0.25, -0.2) is 0 Å². The van der Waals surface area contributed by atoms with Gasteiger partial charge < -0.3 is 15.0 Å². The molecule has 2 aromatic heterocycles. The molecule has 0 bridgehead atoms. The largest absolute Gasteiger partial charge is 0.361 e. The number of nitrogens with one attached hydrogen (secondary N) is 1. The van der Waals surface area contributed by atoms with E-state index in [4.69, 9.17) is 4.74 Å². The molecule has 1 fully saturated rings. The van der Waals surface area contributed by atoms with Gasteiger partial charge in [0, 0.05) is 38.1 Å². The van der Waals surface area contributed by atoms with Crippen LogP contribution in [0.2, 0.25) is 0 Å². The molecule has 4 rings (SSSR count). The average molecular weight is 431 g/mol. The zero-order chi connectivity index (χ0) is 22.4. The second kappa shape index (κ2) is 9.70. The number of rotatable bonds is 6. The van der Waals surface area contributed by atoms with E-state index in [9.17, 15) is 9.59 Å². The summed E-state index contributed by atoms with van der Waals surface area (Å²) in [5, 5.41) is 2.89. The number of carbonyl (C=O) groups is 2. The molecule has 0 radical (unpaired) electrons. The summed E-state index contributed by atoms with van der Waals surface area (Å²) >= 11 is 0. The highest BCUT2D eigenvalue weighted by atomic mass is 16.5. The first kappa shape index (κ1) is 21.6.